The Labute approximate surface area is 201 Å². The van der Waals surface area contributed by atoms with Crippen molar-refractivity contribution in [2.24, 2.45) is 0 Å². The van der Waals surface area contributed by atoms with Crippen molar-refractivity contribution in [1.29, 1.82) is 0 Å². The zero-order valence-electron chi connectivity index (χ0n) is 18.6. The second-order valence-electron chi connectivity index (χ2n) is 7.77. The first-order valence-electron chi connectivity index (χ1n) is 10.6. The summed E-state index contributed by atoms with van der Waals surface area (Å²) in [5, 5.41) is 1.45. The van der Waals surface area contributed by atoms with Crippen molar-refractivity contribution in [1.82, 2.24) is 19.9 Å². The normalized spacial score (nSPS) is 11.5. The van der Waals surface area contributed by atoms with Gasteiger partial charge in [0.2, 0.25) is 5.88 Å². The van der Waals surface area contributed by atoms with Gasteiger partial charge in [0.15, 0.2) is 9.84 Å². The lowest BCUT2D eigenvalue weighted by atomic mass is 10.0. The predicted octanol–water partition coefficient (Wildman–Crippen LogP) is 4.88. The monoisotopic (exact) mass is 486 g/mol. The van der Waals surface area contributed by atoms with Crippen LogP contribution in [0.25, 0.3) is 33.3 Å². The van der Waals surface area contributed by atoms with Gasteiger partial charge in [-0.15, -0.1) is 0 Å². The number of halogens is 1. The first-order chi connectivity index (χ1) is 16.9. The van der Waals surface area contributed by atoms with Crippen LogP contribution in [0, 0.1) is 5.82 Å². The maximum Gasteiger partial charge on any atom is 0.223 e. The smallest absolute Gasteiger partial charge is 0.223 e. The third kappa shape index (κ3) is 4.58. The summed E-state index contributed by atoms with van der Waals surface area (Å²) in [5.41, 5.74) is 2.83. The highest BCUT2D eigenvalue weighted by Crippen LogP contribution is 2.35. The van der Waals surface area contributed by atoms with Crippen molar-refractivity contribution < 1.29 is 17.5 Å². The van der Waals surface area contributed by atoms with Crippen LogP contribution in [0.5, 0.6) is 5.88 Å². The summed E-state index contributed by atoms with van der Waals surface area (Å²) in [6, 6.07) is 18.0. The van der Waals surface area contributed by atoms with E-state index < -0.39 is 9.84 Å². The molecule has 35 heavy (non-hydrogen) atoms. The van der Waals surface area contributed by atoms with Crippen molar-refractivity contribution in [2.45, 2.75) is 10.6 Å². The average Bonchev–Trinajstić information content (AvgIpc) is 2.88. The minimum Gasteiger partial charge on any atom is -0.480 e. The molecule has 0 fully saturated rings. The molecule has 0 bridgehead atoms. The summed E-state index contributed by atoms with van der Waals surface area (Å²) >= 11 is 0. The van der Waals surface area contributed by atoms with Crippen LogP contribution in [0.4, 0.5) is 4.39 Å². The van der Waals surface area contributed by atoms with Crippen molar-refractivity contribution in [3.63, 3.8) is 0 Å². The van der Waals surface area contributed by atoms with E-state index in [2.05, 4.69) is 19.9 Å². The van der Waals surface area contributed by atoms with Gasteiger partial charge in [0.25, 0.3) is 0 Å². The standard InChI is InChI=1S/C26H19FN4O3S/c1-34-26-23(7-8-24(31-26)18-3-2-4-19(27)13-18)25-22-6-5-21(14-17(22)9-12-29-25)35(32,33)15-20-10-11-28-16-30-20/h2-14,16H,15H2,1H3. The molecule has 9 heteroatoms. The van der Waals surface area contributed by atoms with Crippen molar-refractivity contribution >= 4 is 20.6 Å². The Morgan fingerprint density at radius 3 is 2.60 bits per heavy atom. The first-order valence-corrected chi connectivity index (χ1v) is 12.3. The number of hydrogen-bond donors (Lipinski definition) is 0. The van der Waals surface area contributed by atoms with E-state index in [1.54, 1.807) is 54.7 Å². The number of nitrogens with zero attached hydrogens (tertiary/aromatic N) is 4. The second kappa shape index (κ2) is 9.19. The van der Waals surface area contributed by atoms with Crippen LogP contribution in [-0.2, 0) is 15.6 Å². The molecule has 0 unspecified atom stereocenters. The Morgan fingerprint density at radius 2 is 1.83 bits per heavy atom. The third-order valence-electron chi connectivity index (χ3n) is 5.51. The molecule has 0 aliphatic rings. The molecule has 0 N–H and O–H groups in total. The van der Waals surface area contributed by atoms with E-state index in [0.29, 0.717) is 39.5 Å². The van der Waals surface area contributed by atoms with Gasteiger partial charge >= 0.3 is 0 Å². The molecule has 5 rings (SSSR count). The summed E-state index contributed by atoms with van der Waals surface area (Å²) in [6.07, 6.45) is 4.44. The molecule has 0 aliphatic carbocycles. The Bertz CT molecular complexity index is 1640. The zero-order valence-corrected chi connectivity index (χ0v) is 19.4. The molecular weight excluding hydrogens is 467 g/mol. The van der Waals surface area contributed by atoms with Crippen molar-refractivity contribution in [2.75, 3.05) is 7.11 Å². The molecule has 0 saturated heterocycles. The quantitative estimate of drug-likeness (QED) is 0.338. The minimum absolute atomic E-state index is 0.187. The van der Waals surface area contributed by atoms with Gasteiger partial charge < -0.3 is 4.74 Å². The average molecular weight is 487 g/mol. The second-order valence-corrected chi connectivity index (χ2v) is 9.76. The van der Waals surface area contributed by atoms with E-state index in [1.165, 1.54) is 31.8 Å². The van der Waals surface area contributed by atoms with Gasteiger partial charge in [0.05, 0.1) is 40.4 Å². The third-order valence-corrected chi connectivity index (χ3v) is 7.15. The van der Waals surface area contributed by atoms with Gasteiger partial charge in [0, 0.05) is 23.3 Å². The Balaban J connectivity index is 1.55. The van der Waals surface area contributed by atoms with Crippen molar-refractivity contribution in [3.05, 3.63) is 97.0 Å². The van der Waals surface area contributed by atoms with E-state index in [-0.39, 0.29) is 16.5 Å². The number of sulfone groups is 1. The number of fused-ring (bicyclic) bond motifs is 1. The molecule has 3 aromatic heterocycles. The molecule has 0 saturated carbocycles. The van der Waals surface area contributed by atoms with E-state index >= 15 is 0 Å². The Kier molecular flexibility index (Phi) is 5.92. The molecule has 0 spiro atoms. The number of rotatable bonds is 6. The highest BCUT2D eigenvalue weighted by molar-refractivity contribution is 7.90. The fraction of sp³-hybridized carbons (Fsp3) is 0.0769. The fourth-order valence-electron chi connectivity index (χ4n) is 3.83. The molecule has 0 atom stereocenters. The van der Waals surface area contributed by atoms with Gasteiger partial charge in [-0.2, -0.15) is 0 Å². The fourth-order valence-corrected chi connectivity index (χ4v) is 5.14. The molecule has 5 aromatic rings. The zero-order chi connectivity index (χ0) is 24.4. The molecule has 0 amide bonds. The number of benzene rings is 2. The van der Waals surface area contributed by atoms with Crippen LogP contribution in [0.2, 0.25) is 0 Å². The molecule has 0 radical (unpaired) electrons. The van der Waals surface area contributed by atoms with E-state index in [1.807, 2.05) is 6.07 Å². The van der Waals surface area contributed by atoms with Gasteiger partial charge in [-0.25, -0.2) is 27.8 Å². The summed E-state index contributed by atoms with van der Waals surface area (Å²) in [6.45, 7) is 0. The highest BCUT2D eigenvalue weighted by Gasteiger charge is 2.19. The number of aromatic nitrogens is 4. The first kappa shape index (κ1) is 22.5. The lowest BCUT2D eigenvalue weighted by molar-refractivity contribution is 0.400. The van der Waals surface area contributed by atoms with Crippen LogP contribution >= 0.6 is 0 Å². The summed E-state index contributed by atoms with van der Waals surface area (Å²) in [5.74, 6) is -0.251. The minimum atomic E-state index is -3.61. The molecule has 7 nitrogen and oxygen atoms in total. The van der Waals surface area contributed by atoms with Crippen LogP contribution in [0.1, 0.15) is 5.69 Å². The van der Waals surface area contributed by atoms with Crippen LogP contribution in [0.15, 0.2) is 90.3 Å². The molecule has 174 valence electrons. The van der Waals surface area contributed by atoms with E-state index in [4.69, 9.17) is 4.74 Å². The van der Waals surface area contributed by atoms with E-state index in [9.17, 15) is 12.8 Å². The lowest BCUT2D eigenvalue weighted by Crippen LogP contribution is -2.06. The number of hydrogen-bond acceptors (Lipinski definition) is 7. The largest absolute Gasteiger partial charge is 0.480 e. The SMILES string of the molecule is COc1nc(-c2cccc(F)c2)ccc1-c1nccc2cc(S(=O)(=O)Cc3ccncn3)ccc12. The predicted molar refractivity (Wildman–Crippen MR) is 130 cm³/mol. The topological polar surface area (TPSA) is 94.9 Å². The van der Waals surface area contributed by atoms with Crippen LogP contribution < -0.4 is 4.74 Å². The maximum absolute atomic E-state index is 13.7. The van der Waals surface area contributed by atoms with Gasteiger partial charge in [0.1, 0.15) is 12.1 Å². The van der Waals surface area contributed by atoms with Gasteiger partial charge in [-0.05, 0) is 53.9 Å². The van der Waals surface area contributed by atoms with Gasteiger partial charge in [-0.3, -0.25) is 4.98 Å². The van der Waals surface area contributed by atoms with Gasteiger partial charge in [-0.1, -0.05) is 18.2 Å². The highest BCUT2D eigenvalue weighted by atomic mass is 32.2. The summed E-state index contributed by atoms with van der Waals surface area (Å²) in [4.78, 5) is 17.1. The number of methoxy groups -OCH3 is 1. The van der Waals surface area contributed by atoms with Crippen LogP contribution in [-0.4, -0.2) is 35.5 Å². The molecule has 2 aromatic carbocycles. The molecule has 3 heterocycles. The van der Waals surface area contributed by atoms with Crippen molar-refractivity contribution in [3.8, 4) is 28.4 Å². The number of pyridine rings is 2. The Morgan fingerprint density at radius 1 is 0.943 bits per heavy atom. The summed E-state index contributed by atoms with van der Waals surface area (Å²) in [7, 11) is -2.11. The van der Waals surface area contributed by atoms with E-state index in [0.717, 1.165) is 5.39 Å². The summed E-state index contributed by atoms with van der Waals surface area (Å²) < 4.78 is 45.1. The molecular formula is C26H19FN4O3S. The number of ether oxygens (including phenoxy) is 1. The molecule has 0 aliphatic heterocycles. The Hall–Kier alpha value is -4.24. The maximum atomic E-state index is 13.7. The lowest BCUT2D eigenvalue weighted by Gasteiger charge is -2.12. The van der Waals surface area contributed by atoms with Crippen LogP contribution in [0.3, 0.4) is 0 Å².